The van der Waals surface area contributed by atoms with Gasteiger partial charge in [-0.1, -0.05) is 49.4 Å². The molecule has 4 aromatic rings. The molecule has 0 spiro atoms. The minimum atomic E-state index is -0.0941. The normalized spacial score (nSPS) is 11.8. The van der Waals surface area contributed by atoms with Gasteiger partial charge in [0.25, 0.3) is 0 Å². The molecule has 0 saturated heterocycles. The van der Waals surface area contributed by atoms with Crippen LogP contribution in [0.4, 0.5) is 0 Å². The molecule has 0 aliphatic heterocycles. The van der Waals surface area contributed by atoms with Gasteiger partial charge < -0.3 is 14.5 Å². The van der Waals surface area contributed by atoms with Crippen LogP contribution in [0.25, 0.3) is 38.4 Å². The number of nitrogens with one attached hydrogen (secondary N) is 1. The summed E-state index contributed by atoms with van der Waals surface area (Å²) in [4.78, 5) is 12.3. The van der Waals surface area contributed by atoms with Crippen LogP contribution in [0.15, 0.2) is 71.4 Å². The molecule has 0 aliphatic rings. The molecule has 4 heteroatoms. The summed E-state index contributed by atoms with van der Waals surface area (Å²) < 4.78 is 11.8. The zero-order chi connectivity index (χ0) is 21.8. The van der Waals surface area contributed by atoms with Crippen LogP contribution in [0, 0.1) is 0 Å². The Morgan fingerprint density at radius 1 is 1.03 bits per heavy atom. The molecule has 4 rings (SSSR count). The molecule has 0 unspecified atom stereocenters. The summed E-state index contributed by atoms with van der Waals surface area (Å²) in [7, 11) is 0. The lowest BCUT2D eigenvalue weighted by Gasteiger charge is -2.12. The first-order valence-electron chi connectivity index (χ1n) is 10.7. The van der Waals surface area contributed by atoms with Crippen LogP contribution >= 0.6 is 0 Å². The van der Waals surface area contributed by atoms with E-state index in [9.17, 15) is 4.79 Å². The second kappa shape index (κ2) is 9.09. The molecular formula is C27H27NO3. The van der Waals surface area contributed by atoms with Crippen LogP contribution in [0.2, 0.25) is 0 Å². The van der Waals surface area contributed by atoms with E-state index in [1.165, 1.54) is 10.8 Å². The molecule has 1 amide bonds. The monoisotopic (exact) mass is 413 g/mol. The highest BCUT2D eigenvalue weighted by Gasteiger charge is 2.16. The van der Waals surface area contributed by atoms with Crippen molar-refractivity contribution in [1.82, 2.24) is 5.32 Å². The predicted octanol–water partition coefficient (Wildman–Crippen LogP) is 6.58. The number of hydrogen-bond donors (Lipinski definition) is 1. The minimum absolute atomic E-state index is 0.0941. The molecule has 1 aromatic heterocycles. The molecule has 0 atom stereocenters. The quantitative estimate of drug-likeness (QED) is 0.348. The van der Waals surface area contributed by atoms with Gasteiger partial charge in [-0.15, -0.1) is 0 Å². The van der Waals surface area contributed by atoms with E-state index in [0.717, 1.165) is 39.7 Å². The largest absolute Gasteiger partial charge is 0.493 e. The SMILES string of the molecule is CCCNC(=O)/C=C(\C)c1cc2c(-c3cccc4ccccc34)coc2cc1OCC. The second-order valence-corrected chi connectivity index (χ2v) is 7.57. The molecule has 0 radical (unpaired) electrons. The highest BCUT2D eigenvalue weighted by Crippen LogP contribution is 2.39. The Kier molecular flexibility index (Phi) is 6.08. The van der Waals surface area contributed by atoms with Crippen LogP contribution < -0.4 is 10.1 Å². The average molecular weight is 414 g/mol. The first-order chi connectivity index (χ1) is 15.1. The van der Waals surface area contributed by atoms with Gasteiger partial charge >= 0.3 is 0 Å². The van der Waals surface area contributed by atoms with E-state index in [1.54, 1.807) is 12.3 Å². The Bertz CT molecular complexity index is 1260. The Balaban J connectivity index is 1.86. The van der Waals surface area contributed by atoms with Gasteiger partial charge in [0.05, 0.1) is 12.9 Å². The number of hydrogen-bond acceptors (Lipinski definition) is 3. The Hall–Kier alpha value is -3.53. The standard InChI is InChI=1S/C27H27NO3/c1-4-13-28-27(29)14-18(3)22-15-23-24(17-31-26(23)16-25(22)30-5-2)21-12-8-10-19-9-6-7-11-20(19)21/h6-12,14-17H,4-5,13H2,1-3H3,(H,28,29)/b18-14+. The lowest BCUT2D eigenvalue weighted by molar-refractivity contribution is -0.116. The minimum Gasteiger partial charge on any atom is -0.493 e. The smallest absolute Gasteiger partial charge is 0.244 e. The molecule has 0 fully saturated rings. The number of carbonyl (C=O) groups excluding carboxylic acids is 1. The highest BCUT2D eigenvalue weighted by atomic mass is 16.5. The van der Waals surface area contributed by atoms with E-state index in [2.05, 4.69) is 47.8 Å². The molecular weight excluding hydrogens is 386 g/mol. The number of amides is 1. The molecule has 1 heterocycles. The predicted molar refractivity (Wildman–Crippen MR) is 127 cm³/mol. The van der Waals surface area contributed by atoms with E-state index in [4.69, 9.17) is 9.15 Å². The third-order valence-corrected chi connectivity index (χ3v) is 5.38. The first kappa shape index (κ1) is 20.7. The molecule has 3 aromatic carbocycles. The number of ether oxygens (including phenoxy) is 1. The topological polar surface area (TPSA) is 51.5 Å². The summed E-state index contributed by atoms with van der Waals surface area (Å²) in [5.41, 5.74) is 4.65. The highest BCUT2D eigenvalue weighted by molar-refractivity contribution is 6.06. The van der Waals surface area contributed by atoms with Gasteiger partial charge in [0.1, 0.15) is 11.3 Å². The number of carbonyl (C=O) groups is 1. The number of rotatable bonds is 7. The van der Waals surface area contributed by atoms with Crippen molar-refractivity contribution in [2.75, 3.05) is 13.2 Å². The molecule has 158 valence electrons. The molecule has 0 aliphatic carbocycles. The number of benzene rings is 3. The molecule has 1 N–H and O–H groups in total. The molecule has 0 bridgehead atoms. The van der Waals surface area contributed by atoms with Gasteiger partial charge in [-0.2, -0.15) is 0 Å². The fourth-order valence-electron chi connectivity index (χ4n) is 3.88. The van der Waals surface area contributed by atoms with E-state index in [0.29, 0.717) is 18.9 Å². The van der Waals surface area contributed by atoms with Crippen molar-refractivity contribution in [2.45, 2.75) is 27.2 Å². The van der Waals surface area contributed by atoms with Crippen LogP contribution in [-0.2, 0) is 4.79 Å². The zero-order valence-corrected chi connectivity index (χ0v) is 18.2. The van der Waals surface area contributed by atoms with Crippen molar-refractivity contribution in [3.05, 3.63) is 72.5 Å². The lowest BCUT2D eigenvalue weighted by Crippen LogP contribution is -2.21. The maximum absolute atomic E-state index is 12.3. The Morgan fingerprint density at radius 2 is 1.84 bits per heavy atom. The Morgan fingerprint density at radius 3 is 2.65 bits per heavy atom. The summed E-state index contributed by atoms with van der Waals surface area (Å²) in [6.07, 6.45) is 4.34. The summed E-state index contributed by atoms with van der Waals surface area (Å²) in [5, 5.41) is 6.26. The van der Waals surface area contributed by atoms with Crippen molar-refractivity contribution in [3.8, 4) is 16.9 Å². The van der Waals surface area contributed by atoms with E-state index in [-0.39, 0.29) is 5.91 Å². The van der Waals surface area contributed by atoms with E-state index < -0.39 is 0 Å². The number of allylic oxidation sites excluding steroid dienone is 1. The van der Waals surface area contributed by atoms with E-state index in [1.807, 2.05) is 32.9 Å². The summed E-state index contributed by atoms with van der Waals surface area (Å²) in [5.74, 6) is 0.620. The fourth-order valence-corrected chi connectivity index (χ4v) is 3.88. The van der Waals surface area contributed by atoms with Crippen LogP contribution in [0.3, 0.4) is 0 Å². The molecule has 0 saturated carbocycles. The average Bonchev–Trinajstić information content (AvgIpc) is 3.19. The van der Waals surface area contributed by atoms with Gasteiger partial charge in [-0.3, -0.25) is 4.79 Å². The zero-order valence-electron chi connectivity index (χ0n) is 18.2. The van der Waals surface area contributed by atoms with Gasteiger partial charge in [0.15, 0.2) is 0 Å². The van der Waals surface area contributed by atoms with Gasteiger partial charge in [-0.25, -0.2) is 0 Å². The van der Waals surface area contributed by atoms with Crippen molar-refractivity contribution in [3.63, 3.8) is 0 Å². The van der Waals surface area contributed by atoms with Crippen molar-refractivity contribution < 1.29 is 13.9 Å². The van der Waals surface area contributed by atoms with E-state index >= 15 is 0 Å². The van der Waals surface area contributed by atoms with Gasteiger partial charge in [0.2, 0.25) is 5.91 Å². The third-order valence-electron chi connectivity index (χ3n) is 5.38. The Labute approximate surface area is 182 Å². The summed E-state index contributed by atoms with van der Waals surface area (Å²) in [6, 6.07) is 18.6. The molecule has 4 nitrogen and oxygen atoms in total. The fraction of sp³-hybridized carbons (Fsp3) is 0.222. The maximum atomic E-state index is 12.3. The lowest BCUT2D eigenvalue weighted by atomic mass is 9.96. The van der Waals surface area contributed by atoms with Crippen LogP contribution in [0.5, 0.6) is 5.75 Å². The number of furan rings is 1. The third kappa shape index (κ3) is 4.19. The molecule has 31 heavy (non-hydrogen) atoms. The van der Waals surface area contributed by atoms with Crippen LogP contribution in [0.1, 0.15) is 32.8 Å². The number of fused-ring (bicyclic) bond motifs is 2. The van der Waals surface area contributed by atoms with Crippen LogP contribution in [-0.4, -0.2) is 19.1 Å². The van der Waals surface area contributed by atoms with Gasteiger partial charge in [0, 0.05) is 35.2 Å². The first-order valence-corrected chi connectivity index (χ1v) is 10.7. The summed E-state index contributed by atoms with van der Waals surface area (Å²) in [6.45, 7) is 7.11. The van der Waals surface area contributed by atoms with Crippen molar-refractivity contribution in [2.24, 2.45) is 0 Å². The maximum Gasteiger partial charge on any atom is 0.244 e. The van der Waals surface area contributed by atoms with Crippen molar-refractivity contribution in [1.29, 1.82) is 0 Å². The van der Waals surface area contributed by atoms with Gasteiger partial charge in [-0.05, 0) is 48.2 Å². The summed E-state index contributed by atoms with van der Waals surface area (Å²) >= 11 is 0. The second-order valence-electron chi connectivity index (χ2n) is 7.57. The van der Waals surface area contributed by atoms with Crippen molar-refractivity contribution >= 4 is 33.2 Å².